The monoisotopic (exact) mass is 369 g/mol. The van der Waals surface area contributed by atoms with Crippen molar-refractivity contribution >= 4 is 35.5 Å². The van der Waals surface area contributed by atoms with Gasteiger partial charge in [-0.1, -0.05) is 6.42 Å². The lowest BCUT2D eigenvalue weighted by atomic mass is 10.0. The third-order valence-corrected chi connectivity index (χ3v) is 6.02. The number of hydrogen-bond donors (Lipinski definition) is 5. The number of unbranched alkanes of at least 4 members (excludes halogenated alkanes) is 1. The summed E-state index contributed by atoms with van der Waals surface area (Å²) in [5, 5.41) is 8.76. The third-order valence-electron chi connectivity index (χ3n) is 4.51. The number of nitrogens with one attached hydrogen (secondary N) is 5. The zero-order valence-corrected chi connectivity index (χ0v) is 14.6. The van der Waals surface area contributed by atoms with Crippen LogP contribution in [0.5, 0.6) is 0 Å². The van der Waals surface area contributed by atoms with Crippen molar-refractivity contribution in [3.63, 3.8) is 0 Å². The zero-order valence-electron chi connectivity index (χ0n) is 13.8. The van der Waals surface area contributed by atoms with Crippen LogP contribution in [0.15, 0.2) is 0 Å². The molecular formula is C15H23N5O4S. The van der Waals surface area contributed by atoms with Crippen LogP contribution in [-0.2, 0) is 14.4 Å². The second-order valence-electron chi connectivity index (χ2n) is 6.62. The van der Waals surface area contributed by atoms with Crippen LogP contribution >= 0.6 is 11.8 Å². The Morgan fingerprint density at radius 3 is 2.64 bits per heavy atom. The van der Waals surface area contributed by atoms with E-state index in [1.54, 1.807) is 0 Å². The molecule has 0 aromatic carbocycles. The molecule has 3 aliphatic rings. The maximum atomic E-state index is 11.7. The number of thioether (sulfide) groups is 1. The molecule has 3 fully saturated rings. The number of fused-ring (bicyclic) bond motifs is 1. The van der Waals surface area contributed by atoms with Crippen molar-refractivity contribution in [1.29, 1.82) is 0 Å². The number of carbonyl (C=O) groups is 4. The van der Waals surface area contributed by atoms with Gasteiger partial charge < -0.3 is 16.0 Å². The van der Waals surface area contributed by atoms with Crippen molar-refractivity contribution in [2.24, 2.45) is 0 Å². The summed E-state index contributed by atoms with van der Waals surface area (Å²) in [7, 11) is 0. The van der Waals surface area contributed by atoms with Gasteiger partial charge in [0.05, 0.1) is 12.1 Å². The van der Waals surface area contributed by atoms with Crippen molar-refractivity contribution in [3.8, 4) is 0 Å². The minimum Gasteiger partial charge on any atom is -0.345 e. The minimum atomic E-state index is -0.849. The van der Waals surface area contributed by atoms with Crippen LogP contribution in [0.1, 0.15) is 38.5 Å². The van der Waals surface area contributed by atoms with Crippen molar-refractivity contribution < 1.29 is 19.2 Å². The zero-order chi connectivity index (χ0) is 17.8. The first kappa shape index (κ1) is 17.8. The predicted octanol–water partition coefficient (Wildman–Crippen LogP) is -0.862. The van der Waals surface area contributed by atoms with Crippen LogP contribution < -0.4 is 26.8 Å². The van der Waals surface area contributed by atoms with Gasteiger partial charge in [-0.2, -0.15) is 11.8 Å². The van der Waals surface area contributed by atoms with Crippen molar-refractivity contribution in [3.05, 3.63) is 0 Å². The second kappa shape index (κ2) is 7.94. The summed E-state index contributed by atoms with van der Waals surface area (Å²) in [6.45, 7) is 0. The highest BCUT2D eigenvalue weighted by atomic mass is 32.2. The topological polar surface area (TPSA) is 128 Å². The van der Waals surface area contributed by atoms with E-state index in [0.29, 0.717) is 11.7 Å². The molecule has 3 rings (SSSR count). The standard InChI is InChI=1S/C15H23N5O4S/c21-11(19-20-14(23)13(22)16-8-5-6-8)4-2-1-3-10-12-9(7-25-10)17-15(24)18-12/h8-10,12H,1-7H2,(H,16,22)(H,19,21)(H,20,23)(H2,17,18,24). The van der Waals surface area contributed by atoms with Gasteiger partial charge in [-0.05, 0) is 25.7 Å². The molecule has 138 valence electrons. The Bertz CT molecular complexity index is 568. The summed E-state index contributed by atoms with van der Waals surface area (Å²) in [5.41, 5.74) is 4.38. The normalized spacial score (nSPS) is 27.0. The van der Waals surface area contributed by atoms with Gasteiger partial charge in [0.1, 0.15) is 0 Å². The summed E-state index contributed by atoms with van der Waals surface area (Å²) in [6.07, 6.45) is 4.54. The molecule has 0 spiro atoms. The largest absolute Gasteiger partial charge is 0.345 e. The summed E-state index contributed by atoms with van der Waals surface area (Å²) in [6, 6.07) is 0.390. The molecule has 10 heteroatoms. The lowest BCUT2D eigenvalue weighted by Crippen LogP contribution is -2.48. The van der Waals surface area contributed by atoms with Gasteiger partial charge in [0, 0.05) is 23.5 Å². The van der Waals surface area contributed by atoms with Crippen molar-refractivity contribution in [2.75, 3.05) is 5.75 Å². The van der Waals surface area contributed by atoms with E-state index in [1.807, 2.05) is 11.8 Å². The maximum Gasteiger partial charge on any atom is 0.327 e. The van der Waals surface area contributed by atoms with E-state index in [9.17, 15) is 19.2 Å². The van der Waals surface area contributed by atoms with Gasteiger partial charge in [-0.3, -0.25) is 25.2 Å². The molecule has 5 N–H and O–H groups in total. The molecule has 2 aliphatic heterocycles. The fraction of sp³-hybridized carbons (Fsp3) is 0.733. The van der Waals surface area contributed by atoms with E-state index in [2.05, 4.69) is 26.8 Å². The Balaban J connectivity index is 1.25. The van der Waals surface area contributed by atoms with E-state index in [1.165, 1.54) is 0 Å². The fourth-order valence-electron chi connectivity index (χ4n) is 3.00. The van der Waals surface area contributed by atoms with Crippen LogP contribution in [-0.4, -0.2) is 52.9 Å². The smallest absolute Gasteiger partial charge is 0.327 e. The van der Waals surface area contributed by atoms with Crippen LogP contribution in [0.25, 0.3) is 0 Å². The number of amides is 5. The van der Waals surface area contributed by atoms with Gasteiger partial charge >= 0.3 is 17.8 Å². The molecule has 1 saturated carbocycles. The highest BCUT2D eigenvalue weighted by molar-refractivity contribution is 8.00. The molecule has 3 unspecified atom stereocenters. The molecule has 0 aromatic rings. The quantitative estimate of drug-likeness (QED) is 0.180. The van der Waals surface area contributed by atoms with Gasteiger partial charge in [-0.15, -0.1) is 0 Å². The summed E-state index contributed by atoms with van der Waals surface area (Å²) in [5.74, 6) is -0.968. The maximum absolute atomic E-state index is 11.7. The highest BCUT2D eigenvalue weighted by Crippen LogP contribution is 2.33. The Labute approximate surface area is 149 Å². The predicted molar refractivity (Wildman–Crippen MR) is 91.4 cm³/mol. The third kappa shape index (κ3) is 5.00. The van der Waals surface area contributed by atoms with E-state index in [-0.39, 0.29) is 36.5 Å². The first-order valence-corrected chi connectivity index (χ1v) is 9.66. The highest BCUT2D eigenvalue weighted by Gasteiger charge is 2.42. The molecular weight excluding hydrogens is 346 g/mol. The van der Waals surface area contributed by atoms with Crippen LogP contribution in [0, 0.1) is 0 Å². The van der Waals surface area contributed by atoms with E-state index in [4.69, 9.17) is 0 Å². The lowest BCUT2D eigenvalue weighted by molar-refractivity contribution is -0.141. The minimum absolute atomic E-state index is 0.0962. The van der Waals surface area contributed by atoms with Crippen LogP contribution in [0.4, 0.5) is 4.79 Å². The van der Waals surface area contributed by atoms with Crippen molar-refractivity contribution in [2.45, 2.75) is 61.9 Å². The average molecular weight is 369 g/mol. The van der Waals surface area contributed by atoms with Gasteiger partial charge in [0.2, 0.25) is 5.91 Å². The summed E-state index contributed by atoms with van der Waals surface area (Å²) in [4.78, 5) is 45.9. The fourth-order valence-corrected chi connectivity index (χ4v) is 4.54. The molecule has 9 nitrogen and oxygen atoms in total. The Hall–Kier alpha value is -1.97. The lowest BCUT2D eigenvalue weighted by Gasteiger charge is -2.16. The molecule has 0 radical (unpaired) electrons. The number of hydrogen-bond acceptors (Lipinski definition) is 5. The molecule has 0 aromatic heterocycles. The second-order valence-corrected chi connectivity index (χ2v) is 7.89. The number of urea groups is 1. The molecule has 2 saturated heterocycles. The van der Waals surface area contributed by atoms with Crippen LogP contribution in [0.3, 0.4) is 0 Å². The SMILES string of the molecule is O=C(CCCCC1SCC2NC(=O)NC21)NNC(=O)C(=O)NC1CC1. The molecule has 25 heavy (non-hydrogen) atoms. The first-order chi connectivity index (χ1) is 12.0. The molecule has 2 heterocycles. The summed E-state index contributed by atoms with van der Waals surface area (Å²) >= 11 is 1.84. The molecule has 0 bridgehead atoms. The van der Waals surface area contributed by atoms with Crippen molar-refractivity contribution in [1.82, 2.24) is 26.8 Å². The molecule has 1 aliphatic carbocycles. The number of rotatable bonds is 6. The van der Waals surface area contributed by atoms with E-state index < -0.39 is 11.8 Å². The Morgan fingerprint density at radius 2 is 1.88 bits per heavy atom. The molecule has 5 amide bonds. The van der Waals surface area contributed by atoms with E-state index >= 15 is 0 Å². The first-order valence-electron chi connectivity index (χ1n) is 8.61. The van der Waals surface area contributed by atoms with Gasteiger partial charge in [0.15, 0.2) is 0 Å². The van der Waals surface area contributed by atoms with E-state index in [0.717, 1.165) is 31.4 Å². The average Bonchev–Trinajstić information content (AvgIpc) is 3.21. The van der Waals surface area contributed by atoms with Crippen LogP contribution in [0.2, 0.25) is 0 Å². The molecule has 3 atom stereocenters. The van der Waals surface area contributed by atoms with Gasteiger partial charge in [0.25, 0.3) is 0 Å². The number of hydrazine groups is 1. The number of carbonyl (C=O) groups excluding carboxylic acids is 4. The Kier molecular flexibility index (Phi) is 5.67. The van der Waals surface area contributed by atoms with Gasteiger partial charge in [-0.25, -0.2) is 4.79 Å². The Morgan fingerprint density at radius 1 is 1.08 bits per heavy atom. The summed E-state index contributed by atoms with van der Waals surface area (Å²) < 4.78 is 0.